The first kappa shape index (κ1) is 16.7. The van der Waals surface area contributed by atoms with Crippen LogP contribution in [0.25, 0.3) is 16.7 Å². The van der Waals surface area contributed by atoms with Gasteiger partial charge in [-0.15, -0.1) is 0 Å². The van der Waals surface area contributed by atoms with Crippen LogP contribution in [0, 0.1) is 11.3 Å². The minimum absolute atomic E-state index is 0.297. The zero-order valence-electron chi connectivity index (χ0n) is 13.4. The Hall–Kier alpha value is -3.12. The largest absolute Gasteiger partial charge is 0.468 e. The summed E-state index contributed by atoms with van der Waals surface area (Å²) in [6.45, 7) is 1.67. The van der Waals surface area contributed by atoms with Crippen molar-refractivity contribution >= 4 is 28.8 Å². The summed E-state index contributed by atoms with van der Waals surface area (Å²) in [6.07, 6.45) is 1.43. The van der Waals surface area contributed by atoms with Crippen molar-refractivity contribution in [2.45, 2.75) is 17.3 Å². The number of H-pyrrole nitrogens is 1. The first-order valence-corrected chi connectivity index (χ1v) is 8.14. The van der Waals surface area contributed by atoms with Gasteiger partial charge in [-0.05, 0) is 31.2 Å². The average Bonchev–Trinajstić information content (AvgIpc) is 3.05. The monoisotopic (exact) mass is 355 g/mol. The molecular formula is C16H13N5O3S. The number of esters is 1. The molecule has 0 amide bonds. The Kier molecular flexibility index (Phi) is 4.54. The highest BCUT2D eigenvalue weighted by Crippen LogP contribution is 2.22. The van der Waals surface area contributed by atoms with Crippen LogP contribution in [0.3, 0.4) is 0 Å². The molecule has 2 heterocycles. The fraction of sp³-hybridized carbons (Fsp3) is 0.188. The van der Waals surface area contributed by atoms with Crippen molar-refractivity contribution in [3.8, 4) is 11.8 Å². The lowest BCUT2D eigenvalue weighted by molar-refractivity contribution is -0.139. The van der Waals surface area contributed by atoms with Gasteiger partial charge < -0.3 is 9.72 Å². The molecule has 3 rings (SSSR count). The van der Waals surface area contributed by atoms with Crippen LogP contribution in [0.4, 0.5) is 0 Å². The van der Waals surface area contributed by atoms with E-state index in [1.165, 1.54) is 18.0 Å². The van der Waals surface area contributed by atoms with E-state index in [1.54, 1.807) is 31.2 Å². The standard InChI is InChI=1S/C16H13N5O3S/c1-9(15(23)24-2)25-16-19-13-12(14(22)20-16)8-18-21(13)11-5-3-10(7-17)4-6-11/h3-6,8-9H,1-2H3,(H,19,20,22). The summed E-state index contributed by atoms with van der Waals surface area (Å²) in [5, 5.41) is 13.2. The number of carbonyl (C=O) groups is 1. The van der Waals surface area contributed by atoms with E-state index < -0.39 is 11.2 Å². The number of thioether (sulfide) groups is 1. The second kappa shape index (κ2) is 6.78. The number of ether oxygens (including phenoxy) is 1. The second-order valence-electron chi connectivity index (χ2n) is 5.11. The van der Waals surface area contributed by atoms with Gasteiger partial charge in [0, 0.05) is 0 Å². The van der Waals surface area contributed by atoms with E-state index in [2.05, 4.69) is 19.8 Å². The van der Waals surface area contributed by atoms with Gasteiger partial charge in [0.25, 0.3) is 5.56 Å². The number of hydrogen-bond acceptors (Lipinski definition) is 7. The summed E-state index contributed by atoms with van der Waals surface area (Å²) in [7, 11) is 1.30. The van der Waals surface area contributed by atoms with E-state index in [-0.39, 0.29) is 5.56 Å². The minimum atomic E-state index is -0.517. The lowest BCUT2D eigenvalue weighted by atomic mass is 10.2. The maximum atomic E-state index is 12.2. The Labute approximate surface area is 146 Å². The van der Waals surface area contributed by atoms with Crippen molar-refractivity contribution < 1.29 is 9.53 Å². The first-order chi connectivity index (χ1) is 12.0. The highest BCUT2D eigenvalue weighted by atomic mass is 32.2. The molecule has 0 aliphatic carbocycles. The third kappa shape index (κ3) is 3.25. The lowest BCUT2D eigenvalue weighted by Gasteiger charge is -2.08. The molecule has 2 aromatic heterocycles. The predicted octanol–water partition coefficient (Wildman–Crippen LogP) is 1.63. The van der Waals surface area contributed by atoms with E-state index in [4.69, 9.17) is 5.26 Å². The van der Waals surface area contributed by atoms with Crippen molar-refractivity contribution in [3.05, 3.63) is 46.4 Å². The Balaban J connectivity index is 2.05. The number of nitrogens with zero attached hydrogens (tertiary/aromatic N) is 4. The summed E-state index contributed by atoms with van der Waals surface area (Å²) < 4.78 is 6.19. The zero-order chi connectivity index (χ0) is 18.0. The molecule has 25 heavy (non-hydrogen) atoms. The third-order valence-electron chi connectivity index (χ3n) is 3.48. The van der Waals surface area contributed by atoms with Crippen LogP contribution in [0.2, 0.25) is 0 Å². The molecule has 1 aromatic carbocycles. The van der Waals surface area contributed by atoms with Gasteiger partial charge >= 0.3 is 5.97 Å². The minimum Gasteiger partial charge on any atom is -0.468 e. The van der Waals surface area contributed by atoms with Gasteiger partial charge in [-0.1, -0.05) is 11.8 Å². The summed E-state index contributed by atoms with van der Waals surface area (Å²) in [5.41, 5.74) is 1.22. The van der Waals surface area contributed by atoms with Gasteiger partial charge in [-0.2, -0.15) is 10.4 Å². The number of nitrogens with one attached hydrogen (secondary N) is 1. The zero-order valence-corrected chi connectivity index (χ0v) is 14.2. The van der Waals surface area contributed by atoms with Crippen LogP contribution in [-0.2, 0) is 9.53 Å². The van der Waals surface area contributed by atoms with Gasteiger partial charge in [-0.3, -0.25) is 9.59 Å². The molecule has 0 bridgehead atoms. The molecule has 0 saturated carbocycles. The number of aromatic nitrogens is 4. The number of benzene rings is 1. The second-order valence-corrected chi connectivity index (χ2v) is 6.44. The summed E-state index contributed by atoms with van der Waals surface area (Å²) >= 11 is 1.09. The third-order valence-corrected chi connectivity index (χ3v) is 4.44. The van der Waals surface area contributed by atoms with Crippen LogP contribution < -0.4 is 5.56 Å². The molecule has 0 radical (unpaired) electrons. The number of nitriles is 1. The van der Waals surface area contributed by atoms with Crippen molar-refractivity contribution in [1.82, 2.24) is 19.7 Å². The van der Waals surface area contributed by atoms with E-state index in [0.717, 1.165) is 11.8 Å². The Morgan fingerprint density at radius 3 is 2.76 bits per heavy atom. The SMILES string of the molecule is COC(=O)C(C)Sc1nc2c(cnn2-c2ccc(C#N)cc2)c(=O)[nH]1. The molecule has 8 nitrogen and oxygen atoms in total. The molecule has 0 aliphatic rings. The Bertz CT molecular complexity index is 1030. The summed E-state index contributed by atoms with van der Waals surface area (Å²) in [5.74, 6) is -0.409. The molecule has 0 spiro atoms. The number of fused-ring (bicyclic) bond motifs is 1. The highest BCUT2D eigenvalue weighted by molar-refractivity contribution is 8.00. The maximum absolute atomic E-state index is 12.2. The molecule has 0 aliphatic heterocycles. The van der Waals surface area contributed by atoms with Gasteiger partial charge in [0.15, 0.2) is 10.8 Å². The Morgan fingerprint density at radius 1 is 1.40 bits per heavy atom. The molecule has 126 valence electrons. The number of carbonyl (C=O) groups excluding carboxylic acids is 1. The summed E-state index contributed by atoms with van der Waals surface area (Å²) in [4.78, 5) is 30.8. The van der Waals surface area contributed by atoms with Crippen LogP contribution >= 0.6 is 11.8 Å². The van der Waals surface area contributed by atoms with Crippen LogP contribution in [0.1, 0.15) is 12.5 Å². The van der Waals surface area contributed by atoms with E-state index >= 15 is 0 Å². The van der Waals surface area contributed by atoms with Gasteiger partial charge in [0.1, 0.15) is 10.6 Å². The number of methoxy groups -OCH3 is 1. The molecule has 9 heteroatoms. The fourth-order valence-electron chi connectivity index (χ4n) is 2.20. The van der Waals surface area contributed by atoms with Crippen molar-refractivity contribution in [3.63, 3.8) is 0 Å². The quantitative estimate of drug-likeness (QED) is 0.430. The first-order valence-electron chi connectivity index (χ1n) is 7.26. The van der Waals surface area contributed by atoms with Gasteiger partial charge in [-0.25, -0.2) is 9.67 Å². The molecule has 3 aromatic rings. The number of hydrogen-bond donors (Lipinski definition) is 1. The summed E-state index contributed by atoms with van der Waals surface area (Å²) in [6, 6.07) is 8.80. The molecule has 0 fully saturated rings. The van der Waals surface area contributed by atoms with Gasteiger partial charge in [0.2, 0.25) is 0 Å². The van der Waals surface area contributed by atoms with Gasteiger partial charge in [0.05, 0.1) is 30.6 Å². The molecule has 1 atom stereocenters. The van der Waals surface area contributed by atoms with E-state index in [0.29, 0.717) is 27.4 Å². The predicted molar refractivity (Wildman–Crippen MR) is 91.5 cm³/mol. The van der Waals surface area contributed by atoms with Crippen LogP contribution in [0.5, 0.6) is 0 Å². The average molecular weight is 355 g/mol. The van der Waals surface area contributed by atoms with Crippen molar-refractivity contribution in [2.24, 2.45) is 0 Å². The molecule has 1 N–H and O–H groups in total. The van der Waals surface area contributed by atoms with E-state index in [1.807, 2.05) is 6.07 Å². The van der Waals surface area contributed by atoms with Crippen molar-refractivity contribution in [2.75, 3.05) is 7.11 Å². The van der Waals surface area contributed by atoms with Crippen molar-refractivity contribution in [1.29, 1.82) is 5.26 Å². The fourth-order valence-corrected chi connectivity index (χ4v) is 3.02. The van der Waals surface area contributed by atoms with Crippen LogP contribution in [0.15, 0.2) is 40.4 Å². The number of aromatic amines is 1. The number of rotatable bonds is 4. The topological polar surface area (TPSA) is 114 Å². The maximum Gasteiger partial charge on any atom is 0.318 e. The lowest BCUT2D eigenvalue weighted by Crippen LogP contribution is -2.17. The molecule has 0 saturated heterocycles. The molecular weight excluding hydrogens is 342 g/mol. The molecule has 1 unspecified atom stereocenters. The van der Waals surface area contributed by atoms with E-state index in [9.17, 15) is 9.59 Å². The Morgan fingerprint density at radius 2 is 2.12 bits per heavy atom. The highest BCUT2D eigenvalue weighted by Gasteiger charge is 2.18. The normalized spacial score (nSPS) is 11.9. The smallest absolute Gasteiger partial charge is 0.318 e. The van der Waals surface area contributed by atoms with Crippen LogP contribution in [-0.4, -0.2) is 38.1 Å².